The first-order valence-corrected chi connectivity index (χ1v) is 6.96. The summed E-state index contributed by atoms with van der Waals surface area (Å²) in [6, 6.07) is 0. The van der Waals surface area contributed by atoms with E-state index in [0.29, 0.717) is 0 Å². The molecule has 0 bridgehead atoms. The third-order valence-corrected chi connectivity index (χ3v) is 3.84. The Morgan fingerprint density at radius 1 is 1.30 bits per heavy atom. The number of nitrogens with zero attached hydrogens (tertiary/aromatic N) is 2. The van der Waals surface area contributed by atoms with E-state index >= 15 is 0 Å². The van der Waals surface area contributed by atoms with E-state index in [0.717, 1.165) is 13.1 Å². The number of aromatic nitrogens is 1. The molecule has 1 N–H and O–H groups in total. The van der Waals surface area contributed by atoms with Gasteiger partial charge in [0.05, 0.1) is 17.4 Å². The molecule has 0 unspecified atom stereocenters. The lowest BCUT2D eigenvalue weighted by molar-refractivity contribution is -0.141. The monoisotopic (exact) mass is 338 g/mol. The molecule has 4 nitrogen and oxygen atoms in total. The summed E-state index contributed by atoms with van der Waals surface area (Å²) in [5, 5.41) is 9.27. The lowest BCUT2D eigenvalue weighted by atomic mass is 10.0. The lowest BCUT2D eigenvalue weighted by Crippen LogP contribution is -2.29. The summed E-state index contributed by atoms with van der Waals surface area (Å²) in [6.45, 7) is 1.03. The van der Waals surface area contributed by atoms with Crippen molar-refractivity contribution in [3.8, 4) is 0 Å². The molecule has 1 saturated heterocycles. The molecule has 0 radical (unpaired) electrons. The molecule has 1 aromatic rings. The number of anilines is 1. The van der Waals surface area contributed by atoms with Crippen molar-refractivity contribution in [3.63, 3.8) is 0 Å². The minimum atomic E-state index is -4.78. The number of halogens is 5. The summed E-state index contributed by atoms with van der Waals surface area (Å²) in [4.78, 5) is 16.1. The van der Waals surface area contributed by atoms with Gasteiger partial charge in [-0.2, -0.15) is 13.2 Å². The van der Waals surface area contributed by atoms with Gasteiger partial charge in [0.2, 0.25) is 5.92 Å². The van der Waals surface area contributed by atoms with Crippen molar-refractivity contribution in [2.45, 2.75) is 38.3 Å². The number of carboxylic acid groups (broad SMARTS) is 1. The molecule has 0 aliphatic carbocycles. The Morgan fingerprint density at radius 2 is 1.96 bits per heavy atom. The zero-order valence-corrected chi connectivity index (χ0v) is 12.3. The van der Waals surface area contributed by atoms with Crippen molar-refractivity contribution in [2.75, 3.05) is 18.0 Å². The average Bonchev–Trinajstić information content (AvgIpc) is 2.57. The predicted molar refractivity (Wildman–Crippen MR) is 71.9 cm³/mol. The molecule has 23 heavy (non-hydrogen) atoms. The summed E-state index contributed by atoms with van der Waals surface area (Å²) in [7, 11) is 0. The summed E-state index contributed by atoms with van der Waals surface area (Å²) in [5.41, 5.74) is -2.39. The van der Waals surface area contributed by atoms with E-state index in [1.165, 1.54) is 4.90 Å². The van der Waals surface area contributed by atoms with Crippen LogP contribution in [0.3, 0.4) is 0 Å². The number of carbonyl (C=O) groups is 1. The van der Waals surface area contributed by atoms with Crippen molar-refractivity contribution >= 4 is 11.7 Å². The highest BCUT2D eigenvalue weighted by Gasteiger charge is 2.38. The van der Waals surface area contributed by atoms with Crippen LogP contribution in [0.25, 0.3) is 0 Å². The molecule has 1 aliphatic heterocycles. The highest BCUT2D eigenvalue weighted by atomic mass is 19.4. The van der Waals surface area contributed by atoms with Gasteiger partial charge in [-0.3, -0.25) is 0 Å². The average molecular weight is 338 g/mol. The van der Waals surface area contributed by atoms with Crippen molar-refractivity contribution in [1.29, 1.82) is 0 Å². The van der Waals surface area contributed by atoms with Gasteiger partial charge in [0, 0.05) is 25.9 Å². The Morgan fingerprint density at radius 3 is 2.52 bits per heavy atom. The van der Waals surface area contributed by atoms with Crippen LogP contribution in [0.4, 0.5) is 27.6 Å². The molecule has 1 aliphatic rings. The summed E-state index contributed by atoms with van der Waals surface area (Å²) >= 11 is 0. The van der Waals surface area contributed by atoms with Crippen LogP contribution >= 0.6 is 0 Å². The maximum absolute atomic E-state index is 13.4. The second kappa shape index (κ2) is 5.93. The molecule has 0 amide bonds. The molecule has 0 saturated carbocycles. The van der Waals surface area contributed by atoms with Gasteiger partial charge in [-0.15, -0.1) is 0 Å². The van der Waals surface area contributed by atoms with E-state index in [2.05, 4.69) is 4.98 Å². The van der Waals surface area contributed by atoms with E-state index in [1.807, 2.05) is 0 Å². The molecular formula is C14H15F5N2O2. The summed E-state index contributed by atoms with van der Waals surface area (Å²) in [6.07, 6.45) is -4.67. The van der Waals surface area contributed by atoms with Gasteiger partial charge >= 0.3 is 12.1 Å². The fourth-order valence-electron chi connectivity index (χ4n) is 2.70. The van der Waals surface area contributed by atoms with Crippen LogP contribution in [0.1, 0.15) is 40.9 Å². The predicted octanol–water partition coefficient (Wildman–Crippen LogP) is 3.73. The second-order valence-electron chi connectivity index (χ2n) is 5.49. The SMILES string of the molecule is Cc1c(C(F)(F)F)ncc(N2CCCC(F)(F)CC2)c1C(=O)O. The maximum atomic E-state index is 13.4. The molecule has 2 rings (SSSR count). The number of hydrogen-bond donors (Lipinski definition) is 1. The Labute approximate surface area is 128 Å². The molecule has 0 spiro atoms. The number of alkyl halides is 5. The van der Waals surface area contributed by atoms with Crippen molar-refractivity contribution < 1.29 is 31.9 Å². The highest BCUT2D eigenvalue weighted by molar-refractivity contribution is 5.96. The molecule has 1 aromatic heterocycles. The minimum Gasteiger partial charge on any atom is -0.478 e. The van der Waals surface area contributed by atoms with Gasteiger partial charge in [0.15, 0.2) is 0 Å². The topological polar surface area (TPSA) is 53.4 Å². The zero-order valence-electron chi connectivity index (χ0n) is 12.3. The van der Waals surface area contributed by atoms with Crippen LogP contribution in [-0.4, -0.2) is 35.1 Å². The van der Waals surface area contributed by atoms with Crippen LogP contribution in [0.2, 0.25) is 0 Å². The largest absolute Gasteiger partial charge is 0.478 e. The first-order valence-electron chi connectivity index (χ1n) is 6.96. The van der Waals surface area contributed by atoms with Crippen LogP contribution in [-0.2, 0) is 6.18 Å². The molecule has 0 atom stereocenters. The first-order chi connectivity index (χ1) is 10.5. The normalized spacial score (nSPS) is 18.6. The Balaban J connectivity index is 2.47. The lowest BCUT2D eigenvalue weighted by Gasteiger charge is -2.25. The van der Waals surface area contributed by atoms with Gasteiger partial charge in [0.1, 0.15) is 5.69 Å². The Bertz CT molecular complexity index is 616. The summed E-state index contributed by atoms with van der Waals surface area (Å²) < 4.78 is 65.4. The number of pyridine rings is 1. The number of hydrogen-bond acceptors (Lipinski definition) is 3. The third-order valence-electron chi connectivity index (χ3n) is 3.84. The van der Waals surface area contributed by atoms with Gasteiger partial charge in [-0.25, -0.2) is 18.6 Å². The second-order valence-corrected chi connectivity index (χ2v) is 5.49. The van der Waals surface area contributed by atoms with Crippen molar-refractivity contribution in [3.05, 3.63) is 23.0 Å². The van der Waals surface area contributed by atoms with E-state index in [1.54, 1.807) is 0 Å². The smallest absolute Gasteiger partial charge is 0.433 e. The van der Waals surface area contributed by atoms with Crippen molar-refractivity contribution in [1.82, 2.24) is 4.98 Å². The van der Waals surface area contributed by atoms with Crippen LogP contribution in [0.5, 0.6) is 0 Å². The van der Waals surface area contributed by atoms with Crippen LogP contribution in [0, 0.1) is 6.92 Å². The molecule has 9 heteroatoms. The highest BCUT2D eigenvalue weighted by Crippen LogP contribution is 2.36. The number of rotatable bonds is 2. The first kappa shape index (κ1) is 17.4. The molecular weight excluding hydrogens is 323 g/mol. The maximum Gasteiger partial charge on any atom is 0.433 e. The van der Waals surface area contributed by atoms with Gasteiger partial charge in [-0.1, -0.05) is 0 Å². The van der Waals surface area contributed by atoms with Crippen molar-refractivity contribution in [2.24, 2.45) is 0 Å². The quantitative estimate of drug-likeness (QED) is 0.835. The van der Waals surface area contributed by atoms with E-state index in [9.17, 15) is 31.9 Å². The van der Waals surface area contributed by atoms with Crippen LogP contribution in [0.15, 0.2) is 6.20 Å². The van der Waals surface area contributed by atoms with Gasteiger partial charge in [0.25, 0.3) is 0 Å². The fourth-order valence-corrected chi connectivity index (χ4v) is 2.70. The number of aromatic carboxylic acids is 1. The molecule has 2 heterocycles. The molecule has 128 valence electrons. The van der Waals surface area contributed by atoms with E-state index in [-0.39, 0.29) is 31.6 Å². The number of carboxylic acids is 1. The van der Waals surface area contributed by atoms with E-state index in [4.69, 9.17) is 0 Å². The minimum absolute atomic E-state index is 0.0549. The third kappa shape index (κ3) is 3.70. The Kier molecular flexibility index (Phi) is 4.50. The molecule has 1 fully saturated rings. The Hall–Kier alpha value is -1.93. The van der Waals surface area contributed by atoms with Gasteiger partial charge < -0.3 is 10.0 Å². The standard InChI is InChI=1S/C14H15F5N2O2/c1-8-10(12(22)23)9(7-20-11(8)14(17,18)19)21-5-2-3-13(15,16)4-6-21/h7H,2-6H2,1H3,(H,22,23). The van der Waals surface area contributed by atoms with E-state index < -0.39 is 41.3 Å². The fraction of sp³-hybridized carbons (Fsp3) is 0.571. The van der Waals surface area contributed by atoms with Gasteiger partial charge in [-0.05, 0) is 18.9 Å². The summed E-state index contributed by atoms with van der Waals surface area (Å²) in [5.74, 6) is -4.40. The zero-order chi connectivity index (χ0) is 17.4. The van der Waals surface area contributed by atoms with Crippen LogP contribution < -0.4 is 4.90 Å². The molecule has 0 aromatic carbocycles.